The highest BCUT2D eigenvalue weighted by atomic mass is 16.1. The number of rotatable bonds is 2. The van der Waals surface area contributed by atoms with Crippen molar-refractivity contribution in [2.45, 2.75) is 6.92 Å². The molecule has 0 spiro atoms. The second kappa shape index (κ2) is 5.20. The summed E-state index contributed by atoms with van der Waals surface area (Å²) < 4.78 is 0. The van der Waals surface area contributed by atoms with Gasteiger partial charge in [0, 0.05) is 34.4 Å². The lowest BCUT2D eigenvalue weighted by Crippen LogP contribution is -2.13. The van der Waals surface area contributed by atoms with Crippen molar-refractivity contribution in [3.63, 3.8) is 0 Å². The van der Waals surface area contributed by atoms with Crippen LogP contribution in [0.4, 0.5) is 5.82 Å². The van der Waals surface area contributed by atoms with E-state index in [1.807, 2.05) is 6.92 Å². The highest BCUT2D eigenvalue weighted by Crippen LogP contribution is 2.13. The summed E-state index contributed by atoms with van der Waals surface area (Å²) in [5, 5.41) is 3.19. The van der Waals surface area contributed by atoms with E-state index < -0.39 is 0 Å². The van der Waals surface area contributed by atoms with Crippen molar-refractivity contribution in [3.8, 4) is 0 Å². The van der Waals surface area contributed by atoms with Gasteiger partial charge >= 0.3 is 0 Å². The molecule has 0 aliphatic heterocycles. The number of benzene rings is 1. The lowest BCUT2D eigenvalue weighted by atomic mass is 10.1. The second-order valence-electron chi connectivity index (χ2n) is 4.75. The fourth-order valence-electron chi connectivity index (χ4n) is 2.15. The summed E-state index contributed by atoms with van der Waals surface area (Å²) >= 11 is 0. The monoisotopic (exact) mass is 279 g/mol. The quantitative estimate of drug-likeness (QED) is 0.756. The molecule has 0 fully saturated rings. The van der Waals surface area contributed by atoms with Gasteiger partial charge in [-0.05, 0) is 37.3 Å². The molecule has 5 nitrogen and oxygen atoms in total. The molecular weight excluding hydrogens is 266 g/mol. The standard InChI is InChI=1S/C16H13N3O2/c1-10-8-14(20)12-9-11(5-6-13(12)18-10)16(21)19-15-4-2-3-7-17-15/h2-9H,1H3,(H,18,20)(H,17,19,21). The predicted octanol–water partition coefficient (Wildman–Crippen LogP) is 2.48. The van der Waals surface area contributed by atoms with E-state index in [2.05, 4.69) is 15.3 Å². The minimum absolute atomic E-state index is 0.103. The van der Waals surface area contributed by atoms with Crippen LogP contribution in [0.25, 0.3) is 10.9 Å². The predicted molar refractivity (Wildman–Crippen MR) is 81.5 cm³/mol. The largest absolute Gasteiger partial charge is 0.358 e. The summed E-state index contributed by atoms with van der Waals surface area (Å²) in [5.74, 6) is 0.177. The van der Waals surface area contributed by atoms with Gasteiger partial charge in [0.05, 0.1) is 0 Å². The first-order valence-corrected chi connectivity index (χ1v) is 6.49. The van der Waals surface area contributed by atoms with E-state index in [4.69, 9.17) is 0 Å². The highest BCUT2D eigenvalue weighted by molar-refractivity contribution is 6.05. The van der Waals surface area contributed by atoms with Gasteiger partial charge in [0.2, 0.25) is 0 Å². The first kappa shape index (κ1) is 13.1. The number of hydrogen-bond acceptors (Lipinski definition) is 3. The molecule has 0 bridgehead atoms. The van der Waals surface area contributed by atoms with Crippen molar-refractivity contribution in [1.29, 1.82) is 0 Å². The molecule has 2 N–H and O–H groups in total. The van der Waals surface area contributed by atoms with Gasteiger partial charge < -0.3 is 10.3 Å². The molecule has 0 saturated heterocycles. The number of nitrogens with zero attached hydrogens (tertiary/aromatic N) is 1. The maximum Gasteiger partial charge on any atom is 0.256 e. The van der Waals surface area contributed by atoms with Gasteiger partial charge in [-0.2, -0.15) is 0 Å². The number of anilines is 1. The number of carbonyl (C=O) groups excluding carboxylic acids is 1. The van der Waals surface area contributed by atoms with Crippen molar-refractivity contribution in [2.24, 2.45) is 0 Å². The summed E-state index contributed by atoms with van der Waals surface area (Å²) in [6.45, 7) is 1.82. The summed E-state index contributed by atoms with van der Waals surface area (Å²) in [7, 11) is 0. The van der Waals surface area contributed by atoms with Crippen LogP contribution in [0, 0.1) is 6.92 Å². The number of hydrogen-bond donors (Lipinski definition) is 2. The Morgan fingerprint density at radius 3 is 2.81 bits per heavy atom. The molecule has 0 saturated carbocycles. The maximum absolute atomic E-state index is 12.2. The number of aromatic nitrogens is 2. The van der Waals surface area contributed by atoms with E-state index in [9.17, 15) is 9.59 Å². The number of H-pyrrole nitrogens is 1. The summed E-state index contributed by atoms with van der Waals surface area (Å²) in [4.78, 5) is 31.3. The van der Waals surface area contributed by atoms with Crippen LogP contribution in [0.1, 0.15) is 16.1 Å². The van der Waals surface area contributed by atoms with Gasteiger partial charge in [-0.1, -0.05) is 6.07 Å². The summed E-state index contributed by atoms with van der Waals surface area (Å²) in [6.07, 6.45) is 1.60. The molecule has 2 heterocycles. The number of nitrogens with one attached hydrogen (secondary N) is 2. The molecule has 0 radical (unpaired) electrons. The van der Waals surface area contributed by atoms with Gasteiger partial charge in [-0.25, -0.2) is 4.98 Å². The molecule has 0 aliphatic rings. The SMILES string of the molecule is Cc1cc(=O)c2cc(C(=O)Nc3ccccn3)ccc2[nH]1. The Kier molecular flexibility index (Phi) is 3.23. The van der Waals surface area contributed by atoms with Gasteiger partial charge in [0.1, 0.15) is 5.82 Å². The first-order valence-electron chi connectivity index (χ1n) is 6.49. The molecule has 21 heavy (non-hydrogen) atoms. The molecule has 0 unspecified atom stereocenters. The third-order valence-corrected chi connectivity index (χ3v) is 3.13. The van der Waals surface area contributed by atoms with Crippen molar-refractivity contribution >= 4 is 22.6 Å². The number of pyridine rings is 2. The van der Waals surface area contributed by atoms with Crippen LogP contribution in [0.3, 0.4) is 0 Å². The van der Waals surface area contributed by atoms with Gasteiger partial charge in [0.15, 0.2) is 5.43 Å². The van der Waals surface area contributed by atoms with Crippen molar-refractivity contribution in [2.75, 3.05) is 5.32 Å². The smallest absolute Gasteiger partial charge is 0.256 e. The van der Waals surface area contributed by atoms with E-state index in [1.165, 1.54) is 6.07 Å². The van der Waals surface area contributed by atoms with Crippen molar-refractivity contribution in [3.05, 3.63) is 70.1 Å². The lowest BCUT2D eigenvalue weighted by Gasteiger charge is -2.06. The number of amides is 1. The van der Waals surface area contributed by atoms with Crippen molar-refractivity contribution < 1.29 is 4.79 Å². The van der Waals surface area contributed by atoms with E-state index in [-0.39, 0.29) is 11.3 Å². The van der Waals surface area contributed by atoms with Crippen LogP contribution < -0.4 is 10.7 Å². The summed E-state index contributed by atoms with van der Waals surface area (Å²) in [5.41, 5.74) is 1.82. The third-order valence-electron chi connectivity index (χ3n) is 3.13. The number of carbonyl (C=O) groups is 1. The zero-order valence-corrected chi connectivity index (χ0v) is 11.4. The zero-order chi connectivity index (χ0) is 14.8. The van der Waals surface area contributed by atoms with E-state index in [0.717, 1.165) is 11.2 Å². The Hall–Kier alpha value is -2.95. The Bertz CT molecular complexity index is 870. The average Bonchev–Trinajstić information content (AvgIpc) is 2.47. The molecule has 1 aromatic carbocycles. The van der Waals surface area contributed by atoms with E-state index >= 15 is 0 Å². The van der Waals surface area contributed by atoms with Gasteiger partial charge in [-0.15, -0.1) is 0 Å². The molecule has 1 amide bonds. The van der Waals surface area contributed by atoms with Crippen LogP contribution >= 0.6 is 0 Å². The average molecular weight is 279 g/mol. The van der Waals surface area contributed by atoms with E-state index in [0.29, 0.717) is 16.8 Å². The molecule has 0 aliphatic carbocycles. The third kappa shape index (κ3) is 2.67. The number of aryl methyl sites for hydroxylation is 1. The fraction of sp³-hybridized carbons (Fsp3) is 0.0625. The molecule has 2 aromatic heterocycles. The first-order chi connectivity index (χ1) is 10.1. The normalized spacial score (nSPS) is 10.5. The minimum atomic E-state index is -0.296. The van der Waals surface area contributed by atoms with Gasteiger partial charge in [-0.3, -0.25) is 9.59 Å². The number of aromatic amines is 1. The fourth-order valence-corrected chi connectivity index (χ4v) is 2.15. The Labute approximate surface area is 120 Å². The number of fused-ring (bicyclic) bond motifs is 1. The van der Waals surface area contributed by atoms with Crippen LogP contribution in [0.2, 0.25) is 0 Å². The topological polar surface area (TPSA) is 74.8 Å². The maximum atomic E-state index is 12.2. The molecule has 5 heteroatoms. The van der Waals surface area contributed by atoms with Crippen LogP contribution in [0.15, 0.2) is 53.5 Å². The van der Waals surface area contributed by atoms with Crippen LogP contribution in [0.5, 0.6) is 0 Å². The molecule has 3 rings (SSSR count). The Morgan fingerprint density at radius 1 is 1.19 bits per heavy atom. The lowest BCUT2D eigenvalue weighted by molar-refractivity contribution is 0.102. The molecular formula is C16H13N3O2. The van der Waals surface area contributed by atoms with Crippen LogP contribution in [-0.2, 0) is 0 Å². The second-order valence-corrected chi connectivity index (χ2v) is 4.75. The van der Waals surface area contributed by atoms with E-state index in [1.54, 1.807) is 42.6 Å². The molecule has 3 aromatic rings. The Balaban J connectivity index is 1.98. The van der Waals surface area contributed by atoms with Crippen molar-refractivity contribution in [1.82, 2.24) is 9.97 Å². The summed E-state index contributed by atoms with van der Waals surface area (Å²) in [6, 6.07) is 11.8. The molecule has 104 valence electrons. The highest BCUT2D eigenvalue weighted by Gasteiger charge is 2.09. The van der Waals surface area contributed by atoms with Gasteiger partial charge in [0.25, 0.3) is 5.91 Å². The molecule has 0 atom stereocenters. The minimum Gasteiger partial charge on any atom is -0.358 e. The zero-order valence-electron chi connectivity index (χ0n) is 11.4. The van der Waals surface area contributed by atoms with Crippen LogP contribution in [-0.4, -0.2) is 15.9 Å². The Morgan fingerprint density at radius 2 is 2.05 bits per heavy atom.